The van der Waals surface area contributed by atoms with Crippen LogP contribution in [-0.2, 0) is 14.3 Å². The van der Waals surface area contributed by atoms with Gasteiger partial charge >= 0.3 is 0 Å². The first kappa shape index (κ1) is 21.5. The molecule has 4 aliphatic rings. The summed E-state index contributed by atoms with van der Waals surface area (Å²) < 4.78 is 12.2. The van der Waals surface area contributed by atoms with Crippen LogP contribution < -0.4 is 5.73 Å². The maximum Gasteiger partial charge on any atom is 0.222 e. The lowest BCUT2D eigenvalue weighted by Crippen LogP contribution is -2.63. The van der Waals surface area contributed by atoms with Gasteiger partial charge in [0.05, 0.1) is 18.8 Å². The van der Waals surface area contributed by atoms with Crippen LogP contribution in [0, 0.1) is 28.6 Å². The van der Waals surface area contributed by atoms with Crippen molar-refractivity contribution < 1.29 is 19.4 Å². The molecular formula is C23H40N2O4. The molecule has 2 saturated heterocycles. The van der Waals surface area contributed by atoms with E-state index in [4.69, 9.17) is 15.2 Å². The number of amides is 1. The number of ether oxygens (including phenoxy) is 2. The third kappa shape index (κ3) is 3.75. The Labute approximate surface area is 175 Å². The summed E-state index contributed by atoms with van der Waals surface area (Å²) in [6, 6.07) is 0. The highest BCUT2D eigenvalue weighted by molar-refractivity contribution is 5.76. The van der Waals surface area contributed by atoms with Crippen molar-refractivity contribution >= 4 is 5.91 Å². The molecule has 2 aliphatic heterocycles. The number of hydrogen-bond acceptors (Lipinski definition) is 5. The van der Waals surface area contributed by atoms with Gasteiger partial charge in [-0.2, -0.15) is 0 Å². The zero-order valence-corrected chi connectivity index (χ0v) is 18.4. The van der Waals surface area contributed by atoms with Gasteiger partial charge in [-0.25, -0.2) is 0 Å². The molecule has 2 saturated carbocycles. The quantitative estimate of drug-likeness (QED) is 0.750. The monoisotopic (exact) mass is 408 g/mol. The highest BCUT2D eigenvalue weighted by atomic mass is 16.7. The molecular weight excluding hydrogens is 368 g/mol. The zero-order valence-electron chi connectivity index (χ0n) is 18.4. The molecule has 6 nitrogen and oxygen atoms in total. The van der Waals surface area contributed by atoms with Gasteiger partial charge in [0.15, 0.2) is 6.29 Å². The van der Waals surface area contributed by atoms with Crippen molar-refractivity contribution in [3.8, 4) is 0 Å². The van der Waals surface area contributed by atoms with E-state index in [1.807, 2.05) is 4.90 Å². The number of aliphatic hydroxyl groups excluding tert-OH is 1. The highest BCUT2D eigenvalue weighted by Crippen LogP contribution is 2.62. The number of rotatable bonds is 3. The fourth-order valence-corrected chi connectivity index (χ4v) is 6.99. The van der Waals surface area contributed by atoms with Gasteiger partial charge in [-0.15, -0.1) is 0 Å². The summed E-state index contributed by atoms with van der Waals surface area (Å²) in [5.41, 5.74) is 5.63. The van der Waals surface area contributed by atoms with E-state index in [0.29, 0.717) is 31.4 Å². The largest absolute Gasteiger partial charge is 0.393 e. The average Bonchev–Trinajstić information content (AvgIpc) is 2.70. The number of carbonyl (C=O) groups excluding carboxylic acids is 1. The first-order chi connectivity index (χ1) is 13.8. The van der Waals surface area contributed by atoms with Gasteiger partial charge in [0, 0.05) is 31.5 Å². The van der Waals surface area contributed by atoms with E-state index in [-0.39, 0.29) is 35.0 Å². The molecule has 7 unspecified atom stereocenters. The third-order valence-corrected chi connectivity index (χ3v) is 8.96. The van der Waals surface area contributed by atoms with Gasteiger partial charge in [-0.05, 0) is 61.7 Å². The first-order valence-corrected chi connectivity index (χ1v) is 11.7. The Balaban J connectivity index is 1.51. The lowest BCUT2D eigenvalue weighted by Gasteiger charge is -2.63. The molecule has 166 valence electrons. The van der Waals surface area contributed by atoms with Crippen LogP contribution >= 0.6 is 0 Å². The highest BCUT2D eigenvalue weighted by Gasteiger charge is 2.61. The van der Waals surface area contributed by atoms with E-state index in [9.17, 15) is 9.90 Å². The molecule has 4 fully saturated rings. The second-order valence-electron chi connectivity index (χ2n) is 10.7. The second kappa shape index (κ2) is 8.10. The molecule has 0 radical (unpaired) electrons. The van der Waals surface area contributed by atoms with E-state index in [2.05, 4.69) is 20.8 Å². The Bertz CT molecular complexity index is 608. The first-order valence-electron chi connectivity index (χ1n) is 11.7. The van der Waals surface area contributed by atoms with Crippen LogP contribution in [0.4, 0.5) is 0 Å². The Morgan fingerprint density at radius 3 is 2.55 bits per heavy atom. The minimum Gasteiger partial charge on any atom is -0.393 e. The van der Waals surface area contributed by atoms with Crippen LogP contribution in [0.5, 0.6) is 0 Å². The number of fused-ring (bicyclic) bond motifs is 3. The minimum atomic E-state index is -0.397. The predicted molar refractivity (Wildman–Crippen MR) is 111 cm³/mol. The van der Waals surface area contributed by atoms with Crippen molar-refractivity contribution in [3.63, 3.8) is 0 Å². The van der Waals surface area contributed by atoms with E-state index >= 15 is 0 Å². The number of aliphatic hydroxyl groups is 1. The SMILES string of the molecule is CC1CCN(C(=O)CC2C(O)CCC3C4(C)COC(CN)OC4CCC23C)CC1. The van der Waals surface area contributed by atoms with Crippen molar-refractivity contribution in [1.82, 2.24) is 4.90 Å². The van der Waals surface area contributed by atoms with Crippen molar-refractivity contribution in [1.29, 1.82) is 0 Å². The topological polar surface area (TPSA) is 85.0 Å². The predicted octanol–water partition coefficient (Wildman–Crippen LogP) is 2.53. The molecule has 2 heterocycles. The summed E-state index contributed by atoms with van der Waals surface area (Å²) in [7, 11) is 0. The average molecular weight is 409 g/mol. The Kier molecular flexibility index (Phi) is 6.02. The van der Waals surface area contributed by atoms with Gasteiger partial charge in [-0.1, -0.05) is 20.8 Å². The van der Waals surface area contributed by atoms with Crippen molar-refractivity contribution in [2.45, 2.75) is 84.2 Å². The third-order valence-electron chi connectivity index (χ3n) is 8.96. The Hall–Kier alpha value is -0.690. The number of likely N-dealkylation sites (tertiary alicyclic amines) is 1. The van der Waals surface area contributed by atoms with Crippen molar-refractivity contribution in [2.75, 3.05) is 26.2 Å². The number of nitrogens with zero attached hydrogens (tertiary/aromatic N) is 1. The molecule has 2 aliphatic carbocycles. The smallest absolute Gasteiger partial charge is 0.222 e. The van der Waals surface area contributed by atoms with E-state index in [1.165, 1.54) is 0 Å². The van der Waals surface area contributed by atoms with Gasteiger partial charge in [-0.3, -0.25) is 4.79 Å². The molecule has 29 heavy (non-hydrogen) atoms. The summed E-state index contributed by atoms with van der Waals surface area (Å²) in [5.74, 6) is 1.34. The van der Waals surface area contributed by atoms with Crippen LogP contribution in [-0.4, -0.2) is 60.7 Å². The van der Waals surface area contributed by atoms with Crippen LogP contribution in [0.1, 0.15) is 65.7 Å². The molecule has 0 spiro atoms. The number of nitrogens with two attached hydrogens (primary N) is 1. The molecule has 1 amide bonds. The maximum absolute atomic E-state index is 13.1. The van der Waals surface area contributed by atoms with Gasteiger partial charge in [0.1, 0.15) is 0 Å². The molecule has 4 rings (SSSR count). The Morgan fingerprint density at radius 2 is 1.86 bits per heavy atom. The molecule has 0 aromatic heterocycles. The number of piperidine rings is 1. The fraction of sp³-hybridized carbons (Fsp3) is 0.957. The van der Waals surface area contributed by atoms with E-state index < -0.39 is 6.10 Å². The van der Waals surface area contributed by atoms with Crippen LogP contribution in [0.2, 0.25) is 0 Å². The molecule has 0 aromatic rings. The summed E-state index contributed by atoms with van der Waals surface area (Å²) in [6.07, 6.45) is 5.77. The van der Waals surface area contributed by atoms with Crippen LogP contribution in [0.25, 0.3) is 0 Å². The van der Waals surface area contributed by atoms with Gasteiger partial charge in [0.25, 0.3) is 0 Å². The van der Waals surface area contributed by atoms with E-state index in [0.717, 1.165) is 51.6 Å². The standard InChI is InChI=1S/C23H40N2O4/c1-15-7-10-25(11-8-15)20(27)12-16-17(26)4-5-18-22(16,2)9-6-19-23(18,3)14-28-21(13-24)29-19/h15-19,21,26H,4-14,24H2,1-3H3. The van der Waals surface area contributed by atoms with Crippen LogP contribution in [0.15, 0.2) is 0 Å². The number of carbonyl (C=O) groups is 1. The van der Waals surface area contributed by atoms with Crippen molar-refractivity contribution in [2.24, 2.45) is 34.3 Å². The molecule has 7 atom stereocenters. The fourth-order valence-electron chi connectivity index (χ4n) is 6.99. The van der Waals surface area contributed by atoms with Crippen LogP contribution in [0.3, 0.4) is 0 Å². The van der Waals surface area contributed by atoms with Gasteiger partial charge < -0.3 is 25.2 Å². The Morgan fingerprint density at radius 1 is 1.14 bits per heavy atom. The number of hydrogen-bond donors (Lipinski definition) is 2. The van der Waals surface area contributed by atoms with E-state index in [1.54, 1.807) is 0 Å². The zero-order chi connectivity index (χ0) is 20.8. The lowest BCUT2D eigenvalue weighted by molar-refractivity contribution is -0.305. The maximum atomic E-state index is 13.1. The summed E-state index contributed by atoms with van der Waals surface area (Å²) in [4.78, 5) is 15.2. The summed E-state index contributed by atoms with van der Waals surface area (Å²) in [5, 5.41) is 11.0. The molecule has 3 N–H and O–H groups in total. The molecule has 0 aromatic carbocycles. The van der Waals surface area contributed by atoms with Gasteiger partial charge in [0.2, 0.25) is 5.91 Å². The lowest BCUT2D eigenvalue weighted by atomic mass is 9.46. The second-order valence-corrected chi connectivity index (χ2v) is 10.7. The minimum absolute atomic E-state index is 0.0121. The van der Waals surface area contributed by atoms with Crippen molar-refractivity contribution in [3.05, 3.63) is 0 Å². The normalized spacial score (nSPS) is 46.1. The summed E-state index contributed by atoms with van der Waals surface area (Å²) >= 11 is 0. The molecule has 6 heteroatoms. The summed E-state index contributed by atoms with van der Waals surface area (Å²) in [6.45, 7) is 9.64. The molecule has 0 bridgehead atoms.